The molecule has 1 amide bonds. The fraction of sp³-hybridized carbons (Fsp3) is 0.455. The number of sulfone groups is 1. The summed E-state index contributed by atoms with van der Waals surface area (Å²) in [5.41, 5.74) is 3.37. The minimum absolute atomic E-state index is 0. The van der Waals surface area contributed by atoms with Crippen LogP contribution in [0.25, 0.3) is 0 Å². The van der Waals surface area contributed by atoms with Gasteiger partial charge in [0.05, 0.1) is 17.1 Å². The van der Waals surface area contributed by atoms with Crippen LogP contribution in [0.15, 0.2) is 30.5 Å². The van der Waals surface area contributed by atoms with E-state index in [2.05, 4.69) is 10.3 Å². The van der Waals surface area contributed by atoms with Gasteiger partial charge in [0.1, 0.15) is 11.6 Å². The van der Waals surface area contributed by atoms with E-state index in [1.165, 1.54) is 12.1 Å². The number of amides is 1. The molecule has 1 N–H and O–H groups in total. The molecular weight excluding hydrogens is 441 g/mol. The standard InChI is InChI=1S/C22H24FN3O3S.ClH/c23-16-2-1-3-17(12-16)25-21-20-15-6-4-14(5-7-15)19(20)18(13-24-21)22(27)26-8-10-30(28,29)11-9-26;/h1-3,12-15H,4-11H2,(H,24,25);1H. The van der Waals surface area contributed by atoms with Crippen molar-refractivity contribution < 1.29 is 17.6 Å². The molecule has 3 aliphatic carbocycles. The first-order valence-corrected chi connectivity index (χ1v) is 12.3. The number of aromatic nitrogens is 1. The van der Waals surface area contributed by atoms with E-state index in [9.17, 15) is 17.6 Å². The summed E-state index contributed by atoms with van der Waals surface area (Å²) >= 11 is 0. The van der Waals surface area contributed by atoms with Gasteiger partial charge in [-0.3, -0.25) is 4.79 Å². The Balaban J connectivity index is 0.00000231. The van der Waals surface area contributed by atoms with Crippen molar-refractivity contribution in [3.8, 4) is 0 Å². The zero-order valence-corrected chi connectivity index (χ0v) is 18.6. The van der Waals surface area contributed by atoms with Crippen LogP contribution in [0, 0.1) is 5.82 Å². The van der Waals surface area contributed by atoms with Gasteiger partial charge in [-0.15, -0.1) is 12.4 Å². The topological polar surface area (TPSA) is 79.4 Å². The second-order valence-electron chi connectivity index (χ2n) is 8.48. The van der Waals surface area contributed by atoms with Crippen LogP contribution in [0.4, 0.5) is 15.9 Å². The molecule has 2 aromatic rings. The van der Waals surface area contributed by atoms with E-state index in [1.54, 1.807) is 23.2 Å². The van der Waals surface area contributed by atoms with Crippen LogP contribution in [-0.2, 0) is 9.84 Å². The van der Waals surface area contributed by atoms with Crippen molar-refractivity contribution in [2.45, 2.75) is 37.5 Å². The van der Waals surface area contributed by atoms with Crippen molar-refractivity contribution in [3.05, 3.63) is 53.0 Å². The lowest BCUT2D eigenvalue weighted by Crippen LogP contribution is -2.44. The average Bonchev–Trinajstić information content (AvgIpc) is 2.74. The lowest BCUT2D eigenvalue weighted by atomic mass is 9.66. The number of anilines is 2. The number of nitrogens with one attached hydrogen (secondary N) is 1. The summed E-state index contributed by atoms with van der Waals surface area (Å²) in [7, 11) is -3.05. The number of rotatable bonds is 3. The minimum atomic E-state index is -3.05. The largest absolute Gasteiger partial charge is 0.340 e. The number of carbonyl (C=O) groups excluding carboxylic acids is 1. The third kappa shape index (κ3) is 4.15. The second kappa shape index (κ2) is 8.39. The molecule has 2 heterocycles. The number of benzene rings is 1. The molecule has 1 aromatic heterocycles. The quantitative estimate of drug-likeness (QED) is 0.740. The van der Waals surface area contributed by atoms with E-state index < -0.39 is 9.84 Å². The Morgan fingerprint density at radius 1 is 1.06 bits per heavy atom. The van der Waals surface area contributed by atoms with Gasteiger partial charge in [0.2, 0.25) is 0 Å². The predicted octanol–water partition coefficient (Wildman–Crippen LogP) is 4.01. The number of pyridine rings is 1. The SMILES string of the molecule is Cl.O=C(c1cnc(Nc2cccc(F)c2)c2c1C1CCC2CC1)N1CCS(=O)(=O)CC1. The Bertz CT molecular complexity index is 1100. The molecule has 6 rings (SSSR count). The molecule has 0 atom stereocenters. The maximum atomic E-state index is 13.6. The summed E-state index contributed by atoms with van der Waals surface area (Å²) in [6.45, 7) is 0.459. The van der Waals surface area contributed by atoms with Gasteiger partial charge >= 0.3 is 0 Å². The van der Waals surface area contributed by atoms with E-state index in [4.69, 9.17) is 0 Å². The summed E-state index contributed by atoms with van der Waals surface area (Å²) < 4.78 is 37.1. The lowest BCUT2D eigenvalue weighted by Gasteiger charge is -2.40. The molecule has 166 valence electrons. The molecule has 1 aromatic carbocycles. The minimum Gasteiger partial charge on any atom is -0.340 e. The first kappa shape index (κ1) is 22.0. The predicted molar refractivity (Wildman–Crippen MR) is 120 cm³/mol. The van der Waals surface area contributed by atoms with Crippen LogP contribution >= 0.6 is 12.4 Å². The normalized spacial score (nSPS) is 23.6. The number of fused-ring (bicyclic) bond motifs is 2. The second-order valence-corrected chi connectivity index (χ2v) is 10.8. The van der Waals surface area contributed by atoms with Crippen LogP contribution < -0.4 is 5.32 Å². The molecular formula is C22H25ClFN3O3S. The fourth-order valence-electron chi connectivity index (χ4n) is 5.12. The Morgan fingerprint density at radius 3 is 2.35 bits per heavy atom. The monoisotopic (exact) mass is 465 g/mol. The molecule has 0 spiro atoms. The van der Waals surface area contributed by atoms with E-state index in [0.29, 0.717) is 28.9 Å². The highest BCUT2D eigenvalue weighted by Gasteiger charge is 2.39. The van der Waals surface area contributed by atoms with Gasteiger partial charge in [-0.2, -0.15) is 0 Å². The van der Waals surface area contributed by atoms with Gasteiger partial charge in [-0.1, -0.05) is 6.07 Å². The van der Waals surface area contributed by atoms with Gasteiger partial charge in [0.15, 0.2) is 9.84 Å². The Kier molecular flexibility index (Phi) is 5.96. The molecule has 4 aliphatic rings. The lowest BCUT2D eigenvalue weighted by molar-refractivity contribution is 0.0767. The molecule has 1 aliphatic heterocycles. The first-order chi connectivity index (χ1) is 14.4. The number of hydrogen-bond donors (Lipinski definition) is 1. The number of nitrogens with zero attached hydrogens (tertiary/aromatic N) is 2. The summed E-state index contributed by atoms with van der Waals surface area (Å²) in [6.07, 6.45) is 5.85. The van der Waals surface area contributed by atoms with Crippen molar-refractivity contribution in [3.63, 3.8) is 0 Å². The fourth-order valence-corrected chi connectivity index (χ4v) is 6.32. The molecule has 0 radical (unpaired) electrons. The maximum Gasteiger partial charge on any atom is 0.255 e. The van der Waals surface area contributed by atoms with Crippen molar-refractivity contribution >= 4 is 39.7 Å². The molecule has 9 heteroatoms. The highest BCUT2D eigenvalue weighted by atomic mass is 35.5. The van der Waals surface area contributed by atoms with Crippen LogP contribution in [0.5, 0.6) is 0 Å². The van der Waals surface area contributed by atoms with Crippen molar-refractivity contribution in [1.29, 1.82) is 0 Å². The van der Waals surface area contributed by atoms with Gasteiger partial charge < -0.3 is 10.2 Å². The Hall–Kier alpha value is -2.19. The molecule has 6 nitrogen and oxygen atoms in total. The van der Waals surface area contributed by atoms with Crippen LogP contribution in [-0.4, -0.2) is 48.8 Å². The zero-order chi connectivity index (χ0) is 20.9. The Morgan fingerprint density at radius 2 is 1.71 bits per heavy atom. The van der Waals surface area contributed by atoms with Crippen molar-refractivity contribution in [2.24, 2.45) is 0 Å². The summed E-state index contributed by atoms with van der Waals surface area (Å²) in [5, 5.41) is 3.26. The van der Waals surface area contributed by atoms with E-state index >= 15 is 0 Å². The van der Waals surface area contributed by atoms with Crippen LogP contribution in [0.1, 0.15) is 59.0 Å². The van der Waals surface area contributed by atoms with Crippen molar-refractivity contribution in [1.82, 2.24) is 9.88 Å². The molecule has 31 heavy (non-hydrogen) atoms. The van der Waals surface area contributed by atoms with E-state index in [1.807, 2.05) is 0 Å². The molecule has 0 unspecified atom stereocenters. The van der Waals surface area contributed by atoms with Gasteiger partial charge in [-0.05, 0) is 61.3 Å². The van der Waals surface area contributed by atoms with E-state index in [-0.39, 0.29) is 48.7 Å². The van der Waals surface area contributed by atoms with Crippen molar-refractivity contribution in [2.75, 3.05) is 29.9 Å². The molecule has 2 bridgehead atoms. The summed E-state index contributed by atoms with van der Waals surface area (Å²) in [4.78, 5) is 19.5. The highest BCUT2D eigenvalue weighted by Crippen LogP contribution is 2.52. The number of halogens is 2. The average molecular weight is 466 g/mol. The maximum absolute atomic E-state index is 13.6. The van der Waals surface area contributed by atoms with Gasteiger partial charge in [0, 0.05) is 30.5 Å². The third-order valence-electron chi connectivity index (χ3n) is 6.65. The smallest absolute Gasteiger partial charge is 0.255 e. The molecule has 2 fully saturated rings. The van der Waals surface area contributed by atoms with E-state index in [0.717, 1.165) is 36.8 Å². The van der Waals surface area contributed by atoms with Crippen LogP contribution in [0.3, 0.4) is 0 Å². The molecule has 1 saturated heterocycles. The molecule has 1 saturated carbocycles. The zero-order valence-electron chi connectivity index (χ0n) is 17.0. The summed E-state index contributed by atoms with van der Waals surface area (Å²) in [6, 6.07) is 6.28. The highest BCUT2D eigenvalue weighted by molar-refractivity contribution is 7.91. The third-order valence-corrected chi connectivity index (χ3v) is 8.26. The Labute approximate surface area is 187 Å². The van der Waals surface area contributed by atoms with Gasteiger partial charge in [0.25, 0.3) is 5.91 Å². The van der Waals surface area contributed by atoms with Gasteiger partial charge in [-0.25, -0.2) is 17.8 Å². The van der Waals surface area contributed by atoms with Crippen LogP contribution in [0.2, 0.25) is 0 Å². The number of hydrogen-bond acceptors (Lipinski definition) is 5. The summed E-state index contributed by atoms with van der Waals surface area (Å²) in [5.74, 6) is 0.930. The number of carbonyl (C=O) groups is 1. The first-order valence-electron chi connectivity index (χ1n) is 10.5.